The van der Waals surface area contributed by atoms with Crippen LogP contribution in [-0.2, 0) is 4.74 Å². The van der Waals surface area contributed by atoms with Crippen LogP contribution in [-0.4, -0.2) is 50.4 Å². The molecule has 1 fully saturated rings. The van der Waals surface area contributed by atoms with Crippen molar-refractivity contribution in [1.82, 2.24) is 0 Å². The molecular weight excluding hydrogens is 204 g/mol. The SMILES string of the molecule is CC(C)(C)S[C@@H]1OC[C@@H](O)[C@H](O)[C@H]1O. The van der Waals surface area contributed by atoms with Gasteiger partial charge in [0.1, 0.15) is 23.7 Å². The minimum atomic E-state index is -1.11. The average molecular weight is 222 g/mol. The molecular formula is C9H18O4S. The lowest BCUT2D eigenvalue weighted by Crippen LogP contribution is -2.52. The van der Waals surface area contributed by atoms with Crippen molar-refractivity contribution in [3.63, 3.8) is 0 Å². The van der Waals surface area contributed by atoms with Gasteiger partial charge < -0.3 is 20.1 Å². The Morgan fingerprint density at radius 2 is 1.71 bits per heavy atom. The van der Waals surface area contributed by atoms with Gasteiger partial charge in [0.2, 0.25) is 0 Å². The molecule has 0 aromatic heterocycles. The fraction of sp³-hybridized carbons (Fsp3) is 1.00. The van der Waals surface area contributed by atoms with Gasteiger partial charge in [-0.2, -0.15) is 0 Å². The maximum Gasteiger partial charge on any atom is 0.132 e. The number of aliphatic hydroxyl groups excluding tert-OH is 3. The summed E-state index contributed by atoms with van der Waals surface area (Å²) in [7, 11) is 0. The van der Waals surface area contributed by atoms with Crippen LogP contribution < -0.4 is 0 Å². The molecule has 0 aliphatic carbocycles. The first-order chi connectivity index (χ1) is 6.31. The van der Waals surface area contributed by atoms with Crippen molar-refractivity contribution >= 4 is 11.8 Å². The topological polar surface area (TPSA) is 69.9 Å². The van der Waals surface area contributed by atoms with E-state index >= 15 is 0 Å². The summed E-state index contributed by atoms with van der Waals surface area (Å²) >= 11 is 1.45. The zero-order valence-corrected chi connectivity index (χ0v) is 9.49. The largest absolute Gasteiger partial charge is 0.388 e. The van der Waals surface area contributed by atoms with E-state index in [1.807, 2.05) is 20.8 Å². The summed E-state index contributed by atoms with van der Waals surface area (Å²) in [6, 6.07) is 0. The summed E-state index contributed by atoms with van der Waals surface area (Å²) < 4.78 is 5.20. The van der Waals surface area contributed by atoms with E-state index in [1.165, 1.54) is 11.8 Å². The molecule has 4 atom stereocenters. The Balaban J connectivity index is 2.55. The number of aliphatic hydroxyl groups is 3. The van der Waals surface area contributed by atoms with E-state index in [2.05, 4.69) is 0 Å². The number of ether oxygens (including phenoxy) is 1. The Labute approximate surface area is 88.3 Å². The van der Waals surface area contributed by atoms with Crippen LogP contribution >= 0.6 is 11.8 Å². The maximum atomic E-state index is 9.62. The Kier molecular flexibility index (Phi) is 3.82. The Bertz CT molecular complexity index is 192. The number of thioether (sulfide) groups is 1. The zero-order chi connectivity index (χ0) is 10.9. The second kappa shape index (κ2) is 4.37. The molecule has 0 spiro atoms. The van der Waals surface area contributed by atoms with Crippen molar-refractivity contribution in [2.45, 2.75) is 49.3 Å². The van der Waals surface area contributed by atoms with Gasteiger partial charge in [-0.25, -0.2) is 0 Å². The van der Waals surface area contributed by atoms with Crippen LogP contribution in [0.1, 0.15) is 20.8 Å². The molecule has 1 aliphatic rings. The second-order valence-corrected chi connectivity index (χ2v) is 6.41. The minimum absolute atomic E-state index is 0.0480. The standard InChI is InChI=1S/C9H18O4S/c1-9(2,3)14-8-7(12)6(11)5(10)4-13-8/h5-8,10-12H,4H2,1-3H3/t5-,6+,7-,8+/m1/s1. The Morgan fingerprint density at radius 3 is 2.21 bits per heavy atom. The predicted molar refractivity (Wildman–Crippen MR) is 55.1 cm³/mol. The lowest BCUT2D eigenvalue weighted by atomic mass is 10.1. The van der Waals surface area contributed by atoms with Crippen LogP contribution in [0.25, 0.3) is 0 Å². The van der Waals surface area contributed by atoms with Crippen molar-refractivity contribution in [3.8, 4) is 0 Å². The predicted octanol–water partition coefficient (Wildman–Crippen LogP) is -0.0429. The van der Waals surface area contributed by atoms with E-state index in [9.17, 15) is 15.3 Å². The summed E-state index contributed by atoms with van der Waals surface area (Å²) in [6.45, 7) is 6.09. The highest BCUT2D eigenvalue weighted by atomic mass is 32.2. The summed E-state index contributed by atoms with van der Waals surface area (Å²) in [5.41, 5.74) is -0.464. The van der Waals surface area contributed by atoms with Gasteiger partial charge in [-0.3, -0.25) is 0 Å². The molecule has 0 amide bonds. The van der Waals surface area contributed by atoms with Gasteiger partial charge in [-0.15, -0.1) is 11.8 Å². The van der Waals surface area contributed by atoms with Gasteiger partial charge in [0.05, 0.1) is 6.61 Å². The molecule has 1 aliphatic heterocycles. The molecule has 1 rings (SSSR count). The quantitative estimate of drug-likeness (QED) is 0.580. The van der Waals surface area contributed by atoms with E-state index in [-0.39, 0.29) is 11.4 Å². The molecule has 14 heavy (non-hydrogen) atoms. The molecule has 0 radical (unpaired) electrons. The monoisotopic (exact) mass is 222 g/mol. The van der Waals surface area contributed by atoms with Gasteiger partial charge in [-0.05, 0) is 0 Å². The van der Waals surface area contributed by atoms with E-state index in [4.69, 9.17) is 4.74 Å². The molecule has 1 heterocycles. The molecule has 4 nitrogen and oxygen atoms in total. The normalized spacial score (nSPS) is 39.9. The molecule has 0 unspecified atom stereocenters. The van der Waals surface area contributed by atoms with Crippen LogP contribution in [0, 0.1) is 0 Å². The van der Waals surface area contributed by atoms with Crippen molar-refractivity contribution in [1.29, 1.82) is 0 Å². The highest BCUT2D eigenvalue weighted by Crippen LogP contribution is 2.33. The zero-order valence-electron chi connectivity index (χ0n) is 8.67. The van der Waals surface area contributed by atoms with Crippen LogP contribution in [0.15, 0.2) is 0 Å². The third-order valence-corrected chi connectivity index (χ3v) is 3.28. The van der Waals surface area contributed by atoms with Crippen LogP contribution in [0.2, 0.25) is 0 Å². The number of rotatable bonds is 1. The molecule has 0 bridgehead atoms. The van der Waals surface area contributed by atoms with Crippen LogP contribution in [0.5, 0.6) is 0 Å². The first-order valence-corrected chi connectivity index (χ1v) is 5.53. The third kappa shape index (κ3) is 3.10. The maximum absolute atomic E-state index is 9.62. The summed E-state index contributed by atoms with van der Waals surface area (Å²) in [4.78, 5) is 0. The van der Waals surface area contributed by atoms with E-state index in [0.717, 1.165) is 0 Å². The van der Waals surface area contributed by atoms with Crippen molar-refractivity contribution in [3.05, 3.63) is 0 Å². The molecule has 1 saturated heterocycles. The Morgan fingerprint density at radius 1 is 1.14 bits per heavy atom. The lowest BCUT2D eigenvalue weighted by molar-refractivity contribution is -0.161. The first kappa shape index (κ1) is 12.3. The van der Waals surface area contributed by atoms with Crippen LogP contribution in [0.4, 0.5) is 0 Å². The fourth-order valence-electron chi connectivity index (χ4n) is 1.23. The van der Waals surface area contributed by atoms with E-state index in [0.29, 0.717) is 0 Å². The number of hydrogen-bond acceptors (Lipinski definition) is 5. The number of hydrogen-bond donors (Lipinski definition) is 3. The summed E-state index contributed by atoms with van der Waals surface area (Å²) in [5.74, 6) is 0. The Hall–Kier alpha value is 0.190. The average Bonchev–Trinajstić information content (AvgIpc) is 2.04. The molecule has 0 saturated carbocycles. The molecule has 0 aromatic rings. The summed E-state index contributed by atoms with van der Waals surface area (Å²) in [6.07, 6.45) is -3.12. The van der Waals surface area contributed by atoms with Crippen molar-refractivity contribution in [2.75, 3.05) is 6.61 Å². The smallest absolute Gasteiger partial charge is 0.132 e. The van der Waals surface area contributed by atoms with Gasteiger partial charge in [-0.1, -0.05) is 20.8 Å². The molecule has 5 heteroatoms. The van der Waals surface area contributed by atoms with Gasteiger partial charge in [0.15, 0.2) is 0 Å². The van der Waals surface area contributed by atoms with E-state index < -0.39 is 23.7 Å². The summed E-state index contributed by atoms with van der Waals surface area (Å²) in [5, 5.41) is 28.3. The highest BCUT2D eigenvalue weighted by Gasteiger charge is 2.39. The molecule has 0 aromatic carbocycles. The lowest BCUT2D eigenvalue weighted by Gasteiger charge is -2.37. The fourth-order valence-corrected chi connectivity index (χ4v) is 2.38. The van der Waals surface area contributed by atoms with E-state index in [1.54, 1.807) is 0 Å². The van der Waals surface area contributed by atoms with Gasteiger partial charge in [0.25, 0.3) is 0 Å². The van der Waals surface area contributed by atoms with Gasteiger partial charge in [0, 0.05) is 4.75 Å². The second-order valence-electron chi connectivity index (χ2n) is 4.48. The first-order valence-electron chi connectivity index (χ1n) is 4.65. The van der Waals surface area contributed by atoms with Crippen molar-refractivity contribution in [2.24, 2.45) is 0 Å². The van der Waals surface area contributed by atoms with Crippen LogP contribution in [0.3, 0.4) is 0 Å². The molecule has 3 N–H and O–H groups in total. The van der Waals surface area contributed by atoms with Crippen molar-refractivity contribution < 1.29 is 20.1 Å². The minimum Gasteiger partial charge on any atom is -0.388 e. The highest BCUT2D eigenvalue weighted by molar-refractivity contribution is 8.01. The third-order valence-electron chi connectivity index (χ3n) is 1.92. The molecule has 84 valence electrons. The van der Waals surface area contributed by atoms with Gasteiger partial charge >= 0.3 is 0 Å².